The third-order valence-corrected chi connectivity index (χ3v) is 3.65. The highest BCUT2D eigenvalue weighted by Gasteiger charge is 2.20. The van der Waals surface area contributed by atoms with Crippen LogP contribution in [0.1, 0.15) is 35.6 Å². The number of nitrogens with zero attached hydrogens (tertiary/aromatic N) is 1. The number of fused-ring (bicyclic) bond motifs is 1. The van der Waals surface area contributed by atoms with Crippen LogP contribution in [-0.4, -0.2) is 9.67 Å². The number of aryl methyl sites for hydroxylation is 1. The van der Waals surface area contributed by atoms with E-state index in [1.165, 1.54) is 12.1 Å². The third-order valence-electron chi connectivity index (χ3n) is 3.65. The molecule has 0 spiro atoms. The Balaban J connectivity index is 1.87. The molecule has 0 saturated heterocycles. The van der Waals surface area contributed by atoms with Crippen molar-refractivity contribution in [3.05, 3.63) is 58.9 Å². The molecule has 0 saturated carbocycles. The maximum atomic E-state index is 13.6. The number of hydrogen-bond acceptors (Lipinski definition) is 1. The van der Waals surface area contributed by atoms with E-state index in [1.54, 1.807) is 0 Å². The predicted octanol–water partition coefficient (Wildman–Crippen LogP) is 3.18. The Morgan fingerprint density at radius 3 is 2.84 bits per heavy atom. The van der Waals surface area contributed by atoms with E-state index in [0.717, 1.165) is 36.5 Å². The van der Waals surface area contributed by atoms with Gasteiger partial charge in [-0.1, -0.05) is 6.07 Å². The highest BCUT2D eigenvalue weighted by Crippen LogP contribution is 2.30. The molecule has 1 N–H and O–H groups in total. The summed E-state index contributed by atoms with van der Waals surface area (Å²) in [6.07, 6.45) is 6.10. The van der Waals surface area contributed by atoms with Crippen molar-refractivity contribution < 1.29 is 13.9 Å². The minimum absolute atomic E-state index is 0.353. The van der Waals surface area contributed by atoms with Crippen LogP contribution < -0.4 is 0 Å². The summed E-state index contributed by atoms with van der Waals surface area (Å²) in [6, 6.07) is 3.62. The van der Waals surface area contributed by atoms with E-state index in [-0.39, 0.29) is 0 Å². The number of hydrogen-bond donors (Lipinski definition) is 1. The first-order chi connectivity index (χ1) is 9.13. The van der Waals surface area contributed by atoms with Gasteiger partial charge in [0.25, 0.3) is 0 Å². The first-order valence-electron chi connectivity index (χ1n) is 6.44. The number of aromatic nitrogens is 1. The van der Waals surface area contributed by atoms with Gasteiger partial charge in [0, 0.05) is 36.1 Å². The topological polar surface area (TPSA) is 25.2 Å². The molecule has 1 aliphatic rings. The number of aliphatic hydroxyl groups excluding tert-OH is 1. The van der Waals surface area contributed by atoms with Crippen LogP contribution in [0.5, 0.6) is 0 Å². The molecule has 19 heavy (non-hydrogen) atoms. The van der Waals surface area contributed by atoms with Crippen LogP contribution >= 0.6 is 0 Å². The first kappa shape index (κ1) is 12.4. The monoisotopic (exact) mass is 263 g/mol. The molecule has 1 heterocycles. The van der Waals surface area contributed by atoms with E-state index in [2.05, 4.69) is 0 Å². The molecule has 1 atom stereocenters. The summed E-state index contributed by atoms with van der Waals surface area (Å²) in [5.41, 5.74) is 2.51. The van der Waals surface area contributed by atoms with Crippen molar-refractivity contribution >= 4 is 0 Å². The zero-order chi connectivity index (χ0) is 13.4. The van der Waals surface area contributed by atoms with Gasteiger partial charge >= 0.3 is 0 Å². The van der Waals surface area contributed by atoms with Crippen molar-refractivity contribution in [1.29, 1.82) is 0 Å². The van der Waals surface area contributed by atoms with Crippen molar-refractivity contribution in [3.8, 4) is 0 Å². The van der Waals surface area contributed by atoms with Gasteiger partial charge in [0.2, 0.25) is 0 Å². The zero-order valence-electron chi connectivity index (χ0n) is 10.4. The molecule has 2 aromatic rings. The second-order valence-corrected chi connectivity index (χ2v) is 5.05. The Morgan fingerprint density at radius 1 is 1.26 bits per heavy atom. The van der Waals surface area contributed by atoms with Gasteiger partial charge in [-0.05, 0) is 30.9 Å². The predicted molar refractivity (Wildman–Crippen MR) is 67.8 cm³/mol. The molecular formula is C15H15F2NO. The van der Waals surface area contributed by atoms with Crippen molar-refractivity contribution in [2.24, 2.45) is 0 Å². The van der Waals surface area contributed by atoms with E-state index in [4.69, 9.17) is 0 Å². The quantitative estimate of drug-likeness (QED) is 0.884. The molecule has 0 radical (unpaired) electrons. The second-order valence-electron chi connectivity index (χ2n) is 5.05. The number of halogens is 2. The molecule has 2 nitrogen and oxygen atoms in total. The summed E-state index contributed by atoms with van der Waals surface area (Å²) in [7, 11) is 0. The van der Waals surface area contributed by atoms with Gasteiger partial charge in [0.05, 0.1) is 6.10 Å². The fraction of sp³-hybridized carbons (Fsp3) is 0.333. The summed E-state index contributed by atoms with van der Waals surface area (Å²) in [4.78, 5) is 0. The van der Waals surface area contributed by atoms with E-state index >= 15 is 0 Å². The van der Waals surface area contributed by atoms with Crippen LogP contribution in [0.25, 0.3) is 0 Å². The van der Waals surface area contributed by atoms with Crippen LogP contribution in [0.4, 0.5) is 8.78 Å². The van der Waals surface area contributed by atoms with Gasteiger partial charge in [0.1, 0.15) is 11.6 Å². The molecule has 3 rings (SSSR count). The minimum Gasteiger partial charge on any atom is -0.388 e. The average molecular weight is 263 g/mol. The van der Waals surface area contributed by atoms with E-state index in [9.17, 15) is 13.9 Å². The zero-order valence-corrected chi connectivity index (χ0v) is 10.4. The summed E-state index contributed by atoms with van der Waals surface area (Å²) < 4.78 is 28.3. The molecule has 1 aliphatic carbocycles. The Labute approximate surface area is 110 Å². The molecule has 0 fully saturated rings. The lowest BCUT2D eigenvalue weighted by atomic mass is 9.93. The lowest BCUT2D eigenvalue weighted by Crippen LogP contribution is -2.05. The Kier molecular flexibility index (Phi) is 3.11. The SMILES string of the molecule is OC1CCCc2cn(Cc3ccc(F)cc3F)cc21. The van der Waals surface area contributed by atoms with Crippen LogP contribution in [0.15, 0.2) is 30.6 Å². The van der Waals surface area contributed by atoms with E-state index in [0.29, 0.717) is 12.1 Å². The lowest BCUT2D eigenvalue weighted by molar-refractivity contribution is 0.157. The Hall–Kier alpha value is -1.68. The average Bonchev–Trinajstić information content (AvgIpc) is 2.77. The molecule has 1 unspecified atom stereocenters. The highest BCUT2D eigenvalue weighted by molar-refractivity contribution is 5.30. The number of benzene rings is 1. The van der Waals surface area contributed by atoms with Gasteiger partial charge in [-0.25, -0.2) is 8.78 Å². The van der Waals surface area contributed by atoms with Gasteiger partial charge < -0.3 is 9.67 Å². The molecule has 1 aromatic carbocycles. The summed E-state index contributed by atoms with van der Waals surface area (Å²) in [6.45, 7) is 0.353. The maximum absolute atomic E-state index is 13.6. The molecule has 0 bridgehead atoms. The fourth-order valence-corrected chi connectivity index (χ4v) is 2.66. The van der Waals surface area contributed by atoms with Crippen LogP contribution in [-0.2, 0) is 13.0 Å². The van der Waals surface area contributed by atoms with E-state index < -0.39 is 17.7 Å². The molecule has 1 aromatic heterocycles. The van der Waals surface area contributed by atoms with Gasteiger partial charge in [0.15, 0.2) is 0 Å². The van der Waals surface area contributed by atoms with Gasteiger partial charge in [-0.2, -0.15) is 0 Å². The molecule has 0 amide bonds. The Morgan fingerprint density at radius 2 is 2.11 bits per heavy atom. The van der Waals surface area contributed by atoms with Crippen LogP contribution in [0.3, 0.4) is 0 Å². The molecule has 4 heteroatoms. The normalized spacial score (nSPS) is 18.4. The van der Waals surface area contributed by atoms with Gasteiger partial charge in [-0.15, -0.1) is 0 Å². The van der Waals surface area contributed by atoms with Crippen molar-refractivity contribution in [3.63, 3.8) is 0 Å². The van der Waals surface area contributed by atoms with Crippen molar-refractivity contribution in [2.45, 2.75) is 31.9 Å². The third kappa shape index (κ3) is 2.40. The summed E-state index contributed by atoms with van der Waals surface area (Å²) >= 11 is 0. The van der Waals surface area contributed by atoms with Crippen LogP contribution in [0.2, 0.25) is 0 Å². The second kappa shape index (κ2) is 4.78. The van der Waals surface area contributed by atoms with Crippen LogP contribution in [0, 0.1) is 11.6 Å². The highest BCUT2D eigenvalue weighted by atomic mass is 19.1. The first-order valence-corrected chi connectivity index (χ1v) is 6.44. The van der Waals surface area contributed by atoms with Gasteiger partial charge in [-0.3, -0.25) is 0 Å². The lowest BCUT2D eigenvalue weighted by Gasteiger charge is -2.16. The summed E-state index contributed by atoms with van der Waals surface area (Å²) in [5.74, 6) is -1.10. The van der Waals surface area contributed by atoms with Crippen molar-refractivity contribution in [1.82, 2.24) is 4.57 Å². The summed E-state index contributed by atoms with van der Waals surface area (Å²) in [5, 5.41) is 9.89. The fourth-order valence-electron chi connectivity index (χ4n) is 2.66. The molecule has 100 valence electrons. The number of rotatable bonds is 2. The van der Waals surface area contributed by atoms with Crippen molar-refractivity contribution in [2.75, 3.05) is 0 Å². The molecule has 0 aliphatic heterocycles. The minimum atomic E-state index is -0.566. The Bertz CT molecular complexity index is 606. The standard InChI is InChI=1S/C15H15F2NO/c16-12-5-4-11(14(17)6-12)8-18-7-10-2-1-3-15(19)13(10)9-18/h4-7,9,15,19H,1-3,8H2. The smallest absolute Gasteiger partial charge is 0.131 e. The largest absolute Gasteiger partial charge is 0.388 e. The van der Waals surface area contributed by atoms with E-state index in [1.807, 2.05) is 17.0 Å². The maximum Gasteiger partial charge on any atom is 0.131 e. The number of aliphatic hydroxyl groups is 1. The molecular weight excluding hydrogens is 248 g/mol.